The van der Waals surface area contributed by atoms with E-state index >= 15 is 0 Å². The summed E-state index contributed by atoms with van der Waals surface area (Å²) in [6, 6.07) is 6.97. The number of rotatable bonds is 9. The Labute approximate surface area is 212 Å². The zero-order chi connectivity index (χ0) is 24.9. The van der Waals surface area contributed by atoms with Crippen LogP contribution in [-0.4, -0.2) is 59.8 Å². The number of hydrogen-bond acceptors (Lipinski definition) is 7. The molecule has 1 unspecified atom stereocenters. The molecule has 0 fully saturated rings. The molecule has 2 N–H and O–H groups in total. The lowest BCUT2D eigenvalue weighted by molar-refractivity contribution is 0.0527. The molecule has 0 bridgehead atoms. The van der Waals surface area contributed by atoms with Crippen molar-refractivity contribution in [1.29, 1.82) is 0 Å². The van der Waals surface area contributed by atoms with Crippen LogP contribution in [0.2, 0.25) is 0 Å². The average Bonchev–Trinajstić information content (AvgIpc) is 3.02. The monoisotopic (exact) mass is 533 g/mol. The number of anilines is 1. The van der Waals surface area contributed by atoms with Gasteiger partial charge in [0.1, 0.15) is 11.2 Å². The number of nitrogens with zero attached hydrogens (tertiary/aromatic N) is 1. The molecular weight excluding hydrogens is 509 g/mol. The van der Waals surface area contributed by atoms with E-state index in [1.807, 2.05) is 6.07 Å². The Kier molecular flexibility index (Phi) is 9.58. The van der Waals surface area contributed by atoms with Gasteiger partial charge in [0, 0.05) is 5.56 Å². The van der Waals surface area contributed by atoms with E-state index < -0.39 is 21.8 Å². The maximum absolute atomic E-state index is 12.9. The number of likely N-dealkylation sites (N-methyl/N-ethyl adjacent to an activating group) is 1. The number of esters is 1. The molecule has 0 spiro atoms. The highest BCUT2D eigenvalue weighted by Gasteiger charge is 2.37. The van der Waals surface area contributed by atoms with Gasteiger partial charge in [0.05, 0.1) is 23.6 Å². The Morgan fingerprint density at radius 2 is 1.79 bits per heavy atom. The lowest BCUT2D eigenvalue weighted by Gasteiger charge is -2.27. The summed E-state index contributed by atoms with van der Waals surface area (Å²) in [6.07, 6.45) is -1.21. The first-order valence-corrected chi connectivity index (χ1v) is 12.0. The van der Waals surface area contributed by atoms with Gasteiger partial charge in [-0.25, -0.2) is 4.79 Å². The number of aryl methyl sites for hydroxylation is 1. The van der Waals surface area contributed by atoms with Crippen molar-refractivity contribution in [3.05, 3.63) is 51.4 Å². The number of amides is 1. The quantitative estimate of drug-likeness (QED) is 0.207. The van der Waals surface area contributed by atoms with Crippen molar-refractivity contribution in [2.75, 3.05) is 32.6 Å². The summed E-state index contributed by atoms with van der Waals surface area (Å²) in [7, 11) is 3.54. The predicted molar refractivity (Wildman–Crippen MR) is 134 cm³/mol. The Morgan fingerprint density at radius 3 is 2.33 bits per heavy atom. The van der Waals surface area contributed by atoms with Gasteiger partial charge in [-0.15, -0.1) is 11.3 Å². The molecule has 0 aliphatic heterocycles. The number of ether oxygens (including phenoxy) is 1. The van der Waals surface area contributed by atoms with Crippen LogP contribution in [0.5, 0.6) is 0 Å². The molecule has 0 aliphatic rings. The van der Waals surface area contributed by atoms with E-state index in [1.54, 1.807) is 58.0 Å². The summed E-state index contributed by atoms with van der Waals surface area (Å²) in [5.41, 5.74) is 1.77. The Morgan fingerprint density at radius 1 is 1.15 bits per heavy atom. The minimum Gasteiger partial charge on any atom is -0.462 e. The van der Waals surface area contributed by atoms with E-state index in [0.29, 0.717) is 16.0 Å². The molecule has 2 aromatic rings. The van der Waals surface area contributed by atoms with Crippen molar-refractivity contribution < 1.29 is 19.1 Å². The number of ketones is 1. The summed E-state index contributed by atoms with van der Waals surface area (Å²) in [5, 5.41) is 5.87. The number of nitrogens with one attached hydrogen (secondary N) is 2. The Bertz CT molecular complexity index is 1030. The summed E-state index contributed by atoms with van der Waals surface area (Å²) >= 11 is 19.5. The van der Waals surface area contributed by atoms with E-state index in [0.717, 1.165) is 16.9 Å². The normalized spacial score (nSPS) is 12.4. The van der Waals surface area contributed by atoms with E-state index in [-0.39, 0.29) is 29.5 Å². The molecular formula is C22H26Cl3N3O4S. The molecule has 33 heavy (non-hydrogen) atoms. The van der Waals surface area contributed by atoms with Crippen LogP contribution in [0, 0.1) is 13.8 Å². The van der Waals surface area contributed by atoms with Crippen LogP contribution in [0.1, 0.15) is 48.4 Å². The summed E-state index contributed by atoms with van der Waals surface area (Å²) in [5.74, 6) is -1.26. The molecule has 0 saturated heterocycles. The van der Waals surface area contributed by atoms with Gasteiger partial charge in [-0.3, -0.25) is 9.59 Å². The zero-order valence-electron chi connectivity index (χ0n) is 18.9. The highest BCUT2D eigenvalue weighted by Crippen LogP contribution is 2.38. The number of carbonyl (C=O) groups excluding carboxylic acids is 3. The molecule has 2 rings (SSSR count). The van der Waals surface area contributed by atoms with Crippen molar-refractivity contribution in [3.8, 4) is 0 Å². The van der Waals surface area contributed by atoms with Crippen LogP contribution in [0.15, 0.2) is 24.3 Å². The number of carbonyl (C=O) groups is 3. The lowest BCUT2D eigenvalue weighted by Crippen LogP contribution is -2.49. The summed E-state index contributed by atoms with van der Waals surface area (Å²) in [4.78, 5) is 40.4. The molecule has 1 amide bonds. The highest BCUT2D eigenvalue weighted by atomic mass is 35.6. The minimum atomic E-state index is -1.98. The molecule has 1 aromatic heterocycles. The Balaban J connectivity index is 2.46. The van der Waals surface area contributed by atoms with Gasteiger partial charge in [0.2, 0.25) is 3.79 Å². The minimum absolute atomic E-state index is 0.145. The molecule has 11 heteroatoms. The second kappa shape index (κ2) is 11.5. The number of thiophene rings is 1. The maximum atomic E-state index is 12.9. The van der Waals surface area contributed by atoms with E-state index in [9.17, 15) is 14.4 Å². The van der Waals surface area contributed by atoms with Gasteiger partial charge in [-0.2, -0.15) is 0 Å². The van der Waals surface area contributed by atoms with E-state index in [2.05, 4.69) is 10.6 Å². The number of alkyl halides is 3. The third-order valence-electron chi connectivity index (χ3n) is 4.61. The van der Waals surface area contributed by atoms with Gasteiger partial charge in [-0.1, -0.05) is 53.0 Å². The van der Waals surface area contributed by atoms with Gasteiger partial charge < -0.3 is 20.3 Å². The fourth-order valence-corrected chi connectivity index (χ4v) is 4.54. The number of benzene rings is 1. The van der Waals surface area contributed by atoms with E-state index in [4.69, 9.17) is 39.5 Å². The smallest absolute Gasteiger partial charge is 0.341 e. The predicted octanol–water partition coefficient (Wildman–Crippen LogP) is 4.82. The van der Waals surface area contributed by atoms with Crippen LogP contribution in [0.4, 0.5) is 5.00 Å². The van der Waals surface area contributed by atoms with Crippen LogP contribution in [0.25, 0.3) is 0 Å². The van der Waals surface area contributed by atoms with Crippen molar-refractivity contribution in [1.82, 2.24) is 10.2 Å². The molecule has 1 aromatic carbocycles. The van der Waals surface area contributed by atoms with E-state index in [1.165, 1.54) is 0 Å². The first-order chi connectivity index (χ1) is 15.4. The maximum Gasteiger partial charge on any atom is 0.341 e. The van der Waals surface area contributed by atoms with Crippen molar-refractivity contribution in [2.24, 2.45) is 0 Å². The standard InChI is InChI=1S/C22H26Cl3N3O4S/c1-6-32-20(31)16-13(3)17(15(29)11-28(4)5)33-19(16)27-21(22(23,24)25)26-18(30)14-10-8-7-9-12(14)2/h7-10,21,27H,6,11H2,1-5H3,(H,26,30). The number of hydrogen-bond donors (Lipinski definition) is 2. The Hall–Kier alpha value is -1.84. The van der Waals surface area contributed by atoms with Crippen LogP contribution in [-0.2, 0) is 4.74 Å². The molecule has 180 valence electrons. The van der Waals surface area contributed by atoms with Gasteiger partial charge in [0.25, 0.3) is 5.91 Å². The fraction of sp³-hybridized carbons (Fsp3) is 0.409. The molecule has 7 nitrogen and oxygen atoms in total. The lowest BCUT2D eigenvalue weighted by atomic mass is 10.1. The van der Waals surface area contributed by atoms with Crippen LogP contribution >= 0.6 is 46.1 Å². The largest absolute Gasteiger partial charge is 0.462 e. The second-order valence-electron chi connectivity index (χ2n) is 7.55. The second-order valence-corrected chi connectivity index (χ2v) is 10.9. The zero-order valence-corrected chi connectivity index (χ0v) is 22.0. The van der Waals surface area contributed by atoms with Gasteiger partial charge >= 0.3 is 5.97 Å². The van der Waals surface area contributed by atoms with Crippen LogP contribution < -0.4 is 10.6 Å². The molecule has 1 atom stereocenters. The van der Waals surface area contributed by atoms with Crippen molar-refractivity contribution in [2.45, 2.75) is 30.7 Å². The molecule has 0 radical (unpaired) electrons. The summed E-state index contributed by atoms with van der Waals surface area (Å²) < 4.78 is 3.20. The first-order valence-electron chi connectivity index (χ1n) is 10.0. The van der Waals surface area contributed by atoms with Crippen molar-refractivity contribution in [3.63, 3.8) is 0 Å². The molecule has 0 aliphatic carbocycles. The van der Waals surface area contributed by atoms with Gasteiger partial charge in [-0.05, 0) is 52.1 Å². The number of halogens is 3. The fourth-order valence-electron chi connectivity index (χ4n) is 3.06. The topological polar surface area (TPSA) is 87.7 Å². The highest BCUT2D eigenvalue weighted by molar-refractivity contribution is 7.18. The van der Waals surface area contributed by atoms with Gasteiger partial charge in [0.15, 0.2) is 5.78 Å². The van der Waals surface area contributed by atoms with Crippen molar-refractivity contribution >= 4 is 68.8 Å². The van der Waals surface area contributed by atoms with Crippen LogP contribution in [0.3, 0.4) is 0 Å². The molecule has 0 saturated carbocycles. The number of Topliss-reactive ketones (excluding diaryl/α,β-unsaturated/α-hetero) is 1. The third kappa shape index (κ3) is 7.07. The first kappa shape index (κ1) is 27.4. The summed E-state index contributed by atoms with van der Waals surface area (Å²) in [6.45, 7) is 5.43. The molecule has 1 heterocycles. The average molecular weight is 535 g/mol. The SMILES string of the molecule is CCOC(=O)c1c(NC(NC(=O)c2ccccc2C)C(Cl)(Cl)Cl)sc(C(=O)CN(C)C)c1C. The third-order valence-corrected chi connectivity index (χ3v) is 6.53.